The first kappa shape index (κ1) is 24.4. The van der Waals surface area contributed by atoms with Gasteiger partial charge in [0, 0.05) is 6.54 Å². The number of amides is 1. The van der Waals surface area contributed by atoms with Crippen molar-refractivity contribution in [3.8, 4) is 11.1 Å². The topological polar surface area (TPSA) is 41.6 Å². The summed E-state index contributed by atoms with van der Waals surface area (Å²) in [5.41, 5.74) is 6.64. The molecule has 2 aromatic rings. The standard InChI is InChI=1S/C31H42N2O2/c1-6-31(7-2)19-24-17-23(22-9-8-10-25(18-22)30(3,4)5)11-12-26(24)28(31)32-29(34)35-27-20-33-15-13-21(27)14-16-33/h8-12,17-18,21,27-28H,6-7,13-16,19-20H2,1-5H3,(H,32,34)/t27-,28?/m1/s1. The van der Waals surface area contributed by atoms with E-state index in [0.717, 1.165) is 51.7 Å². The Morgan fingerprint density at radius 1 is 1.06 bits per heavy atom. The first-order valence-corrected chi connectivity index (χ1v) is 13.7. The van der Waals surface area contributed by atoms with E-state index < -0.39 is 0 Å². The number of carbonyl (C=O) groups is 1. The summed E-state index contributed by atoms with van der Waals surface area (Å²) in [7, 11) is 0. The van der Waals surface area contributed by atoms with Gasteiger partial charge in [0.2, 0.25) is 0 Å². The van der Waals surface area contributed by atoms with Crippen LogP contribution in [-0.2, 0) is 16.6 Å². The Morgan fingerprint density at radius 2 is 1.77 bits per heavy atom. The van der Waals surface area contributed by atoms with Crippen molar-refractivity contribution >= 4 is 6.09 Å². The molecule has 3 fully saturated rings. The van der Waals surface area contributed by atoms with E-state index in [1.165, 1.54) is 27.8 Å². The van der Waals surface area contributed by atoms with Crippen molar-refractivity contribution in [3.63, 3.8) is 0 Å². The van der Waals surface area contributed by atoms with Gasteiger partial charge < -0.3 is 10.1 Å². The fraction of sp³-hybridized carbons (Fsp3) is 0.581. The van der Waals surface area contributed by atoms with Crippen LogP contribution in [0.4, 0.5) is 4.79 Å². The molecular formula is C31H42N2O2. The minimum absolute atomic E-state index is 0.00366. The molecule has 4 nitrogen and oxygen atoms in total. The van der Waals surface area contributed by atoms with Gasteiger partial charge in [0.1, 0.15) is 6.10 Å². The highest BCUT2D eigenvalue weighted by Gasteiger charge is 2.45. The van der Waals surface area contributed by atoms with Gasteiger partial charge in [-0.05, 0) is 89.8 Å². The van der Waals surface area contributed by atoms with Crippen molar-refractivity contribution < 1.29 is 9.53 Å². The largest absolute Gasteiger partial charge is 0.445 e. The second kappa shape index (κ2) is 9.28. The molecule has 0 saturated carbocycles. The van der Waals surface area contributed by atoms with Crippen LogP contribution < -0.4 is 5.32 Å². The van der Waals surface area contributed by atoms with Gasteiger partial charge in [-0.2, -0.15) is 0 Å². The number of hydrogen-bond acceptors (Lipinski definition) is 3. The summed E-state index contributed by atoms with van der Waals surface area (Å²) in [6, 6.07) is 15.8. The number of benzene rings is 2. The number of fused-ring (bicyclic) bond motifs is 4. The van der Waals surface area contributed by atoms with Gasteiger partial charge in [-0.15, -0.1) is 0 Å². The molecule has 35 heavy (non-hydrogen) atoms. The molecule has 3 heterocycles. The maximum Gasteiger partial charge on any atom is 0.407 e. The lowest BCUT2D eigenvalue weighted by Gasteiger charge is -2.44. The zero-order valence-corrected chi connectivity index (χ0v) is 22.2. The average Bonchev–Trinajstić information content (AvgIpc) is 3.17. The Hall–Kier alpha value is -2.33. The molecule has 6 rings (SSSR count). The van der Waals surface area contributed by atoms with Crippen LogP contribution >= 0.6 is 0 Å². The lowest BCUT2D eigenvalue weighted by molar-refractivity contribution is -0.0353. The number of ether oxygens (including phenoxy) is 1. The van der Waals surface area contributed by atoms with Crippen LogP contribution in [-0.4, -0.2) is 36.7 Å². The fourth-order valence-electron chi connectivity index (χ4n) is 6.67. The van der Waals surface area contributed by atoms with Crippen molar-refractivity contribution in [1.82, 2.24) is 10.2 Å². The van der Waals surface area contributed by atoms with E-state index in [1.54, 1.807) is 0 Å². The molecule has 4 aliphatic rings. The minimum atomic E-state index is -0.241. The number of piperidine rings is 3. The van der Waals surface area contributed by atoms with Crippen molar-refractivity contribution in [2.24, 2.45) is 11.3 Å². The molecule has 1 N–H and O–H groups in total. The van der Waals surface area contributed by atoms with Gasteiger partial charge in [-0.25, -0.2) is 4.79 Å². The van der Waals surface area contributed by atoms with E-state index in [4.69, 9.17) is 4.74 Å². The van der Waals surface area contributed by atoms with Crippen LogP contribution in [0.25, 0.3) is 11.1 Å². The van der Waals surface area contributed by atoms with E-state index in [0.29, 0.717) is 5.92 Å². The average molecular weight is 475 g/mol. The molecule has 3 aliphatic heterocycles. The number of alkyl carbamates (subject to hydrolysis) is 1. The van der Waals surface area contributed by atoms with E-state index in [-0.39, 0.29) is 29.1 Å². The fourth-order valence-corrected chi connectivity index (χ4v) is 6.67. The lowest BCUT2D eigenvalue weighted by Crippen LogP contribution is -2.53. The molecule has 1 aliphatic carbocycles. The molecule has 4 heteroatoms. The SMILES string of the molecule is CCC1(CC)Cc2cc(-c3cccc(C(C)(C)C)c3)ccc2C1NC(=O)O[C@@H]1CN2CCC1CC2. The summed E-state index contributed by atoms with van der Waals surface area (Å²) in [5, 5.41) is 3.34. The number of nitrogens with one attached hydrogen (secondary N) is 1. The van der Waals surface area contributed by atoms with E-state index >= 15 is 0 Å². The first-order valence-electron chi connectivity index (χ1n) is 13.7. The third-order valence-electron chi connectivity index (χ3n) is 9.20. The minimum Gasteiger partial charge on any atom is -0.445 e. The number of rotatable bonds is 5. The zero-order chi connectivity index (χ0) is 24.8. The summed E-state index contributed by atoms with van der Waals surface area (Å²) in [6.07, 6.45) is 5.14. The predicted molar refractivity (Wildman–Crippen MR) is 143 cm³/mol. The molecule has 2 aromatic carbocycles. The molecule has 0 radical (unpaired) electrons. The number of hydrogen-bond donors (Lipinski definition) is 1. The van der Waals surface area contributed by atoms with Gasteiger partial charge in [0.05, 0.1) is 6.04 Å². The highest BCUT2D eigenvalue weighted by atomic mass is 16.6. The van der Waals surface area contributed by atoms with Crippen LogP contribution in [0.2, 0.25) is 0 Å². The zero-order valence-electron chi connectivity index (χ0n) is 22.2. The Kier molecular flexibility index (Phi) is 6.46. The van der Waals surface area contributed by atoms with E-state index in [2.05, 4.69) is 87.3 Å². The molecule has 3 saturated heterocycles. The van der Waals surface area contributed by atoms with Crippen LogP contribution in [0.5, 0.6) is 0 Å². The van der Waals surface area contributed by atoms with Crippen molar-refractivity contribution in [2.75, 3.05) is 19.6 Å². The Morgan fingerprint density at radius 3 is 2.40 bits per heavy atom. The Bertz CT molecular complexity index is 1070. The second-order valence-corrected chi connectivity index (χ2v) is 12.1. The molecule has 188 valence electrons. The molecule has 2 atom stereocenters. The summed E-state index contributed by atoms with van der Waals surface area (Å²) >= 11 is 0. The highest BCUT2D eigenvalue weighted by Crippen LogP contribution is 2.51. The molecule has 0 aromatic heterocycles. The molecule has 0 spiro atoms. The van der Waals surface area contributed by atoms with Crippen LogP contribution in [0.3, 0.4) is 0 Å². The van der Waals surface area contributed by atoms with Gasteiger partial charge in [0.15, 0.2) is 0 Å². The molecule has 1 amide bonds. The summed E-state index contributed by atoms with van der Waals surface area (Å²) in [4.78, 5) is 15.6. The number of nitrogens with zero attached hydrogens (tertiary/aromatic N) is 1. The maximum absolute atomic E-state index is 13.1. The van der Waals surface area contributed by atoms with E-state index in [1.807, 2.05) is 0 Å². The third kappa shape index (κ3) is 4.62. The molecule has 2 bridgehead atoms. The van der Waals surface area contributed by atoms with Gasteiger partial charge >= 0.3 is 6.09 Å². The van der Waals surface area contributed by atoms with Gasteiger partial charge in [-0.3, -0.25) is 4.90 Å². The monoisotopic (exact) mass is 474 g/mol. The first-order chi connectivity index (χ1) is 16.7. The van der Waals surface area contributed by atoms with Crippen LogP contribution in [0, 0.1) is 11.3 Å². The highest BCUT2D eigenvalue weighted by molar-refractivity contribution is 5.70. The van der Waals surface area contributed by atoms with Crippen molar-refractivity contribution in [1.29, 1.82) is 0 Å². The molecule has 1 unspecified atom stereocenters. The van der Waals surface area contributed by atoms with Gasteiger partial charge in [0.25, 0.3) is 0 Å². The second-order valence-electron chi connectivity index (χ2n) is 12.1. The van der Waals surface area contributed by atoms with Crippen LogP contribution in [0.15, 0.2) is 42.5 Å². The lowest BCUT2D eigenvalue weighted by atomic mass is 9.76. The summed E-state index contributed by atoms with van der Waals surface area (Å²) < 4.78 is 6.03. The smallest absolute Gasteiger partial charge is 0.407 e. The van der Waals surface area contributed by atoms with Gasteiger partial charge in [-0.1, -0.05) is 77.1 Å². The predicted octanol–water partition coefficient (Wildman–Crippen LogP) is 6.88. The Labute approximate surface area is 211 Å². The normalized spacial score (nSPS) is 26.9. The van der Waals surface area contributed by atoms with Crippen molar-refractivity contribution in [3.05, 3.63) is 59.2 Å². The quantitative estimate of drug-likeness (QED) is 0.514. The molecular weight excluding hydrogens is 432 g/mol. The maximum atomic E-state index is 13.1. The Balaban J connectivity index is 1.39. The third-order valence-corrected chi connectivity index (χ3v) is 9.20. The van der Waals surface area contributed by atoms with Crippen molar-refractivity contribution in [2.45, 2.75) is 84.3 Å². The van der Waals surface area contributed by atoms with Crippen LogP contribution in [0.1, 0.15) is 83.0 Å². The number of carbonyl (C=O) groups excluding carboxylic acids is 1. The van der Waals surface area contributed by atoms with E-state index in [9.17, 15) is 4.79 Å². The summed E-state index contributed by atoms with van der Waals surface area (Å²) in [5.74, 6) is 0.523. The summed E-state index contributed by atoms with van der Waals surface area (Å²) in [6.45, 7) is 14.5.